The molecular formula is C30H35BrClN3O5S. The second kappa shape index (κ2) is 13.7. The van der Waals surface area contributed by atoms with Crippen LogP contribution in [0, 0.1) is 0 Å². The van der Waals surface area contributed by atoms with Crippen molar-refractivity contribution in [1.82, 2.24) is 10.2 Å². The zero-order valence-electron chi connectivity index (χ0n) is 23.7. The molecule has 220 valence electrons. The lowest BCUT2D eigenvalue weighted by molar-refractivity contribution is -0.140. The van der Waals surface area contributed by atoms with Gasteiger partial charge in [-0.3, -0.25) is 13.9 Å². The van der Waals surface area contributed by atoms with E-state index in [4.69, 9.17) is 16.3 Å². The average Bonchev–Trinajstić information content (AvgIpc) is 2.88. The molecule has 0 aliphatic heterocycles. The quantitative estimate of drug-likeness (QED) is 0.295. The lowest BCUT2D eigenvalue weighted by atomic mass is 10.0. The van der Waals surface area contributed by atoms with Crippen LogP contribution in [0.15, 0.2) is 77.3 Å². The van der Waals surface area contributed by atoms with Gasteiger partial charge in [-0.15, -0.1) is 0 Å². The van der Waals surface area contributed by atoms with Crippen LogP contribution in [-0.2, 0) is 32.6 Å². The van der Waals surface area contributed by atoms with E-state index in [0.717, 1.165) is 26.2 Å². The Balaban J connectivity index is 2.12. The maximum absolute atomic E-state index is 14.2. The summed E-state index contributed by atoms with van der Waals surface area (Å²) < 4.78 is 33.2. The molecule has 2 amide bonds. The molecule has 1 N–H and O–H groups in total. The third-order valence-corrected chi connectivity index (χ3v) is 7.95. The lowest BCUT2D eigenvalue weighted by Crippen LogP contribution is -2.56. The van der Waals surface area contributed by atoms with Crippen LogP contribution in [0.25, 0.3) is 0 Å². The Labute approximate surface area is 255 Å². The minimum Gasteiger partial charge on any atom is -0.495 e. The number of ether oxygens (including phenoxy) is 1. The van der Waals surface area contributed by atoms with E-state index in [2.05, 4.69) is 21.2 Å². The van der Waals surface area contributed by atoms with E-state index < -0.39 is 34.1 Å². The summed E-state index contributed by atoms with van der Waals surface area (Å²) in [6.45, 7) is 5.08. The van der Waals surface area contributed by atoms with E-state index in [1.165, 1.54) is 24.1 Å². The molecule has 11 heteroatoms. The molecule has 0 spiro atoms. The molecule has 0 saturated heterocycles. The Morgan fingerprint density at radius 2 is 1.66 bits per heavy atom. The number of sulfonamides is 1. The SMILES string of the molecule is COc1ccc(Cl)cc1N(CC(=O)N(Cc1cccc(Br)c1)[C@H](Cc1ccccc1)C(=O)NC(C)(C)C)S(C)(=O)=O. The topological polar surface area (TPSA) is 96.0 Å². The van der Waals surface area contributed by atoms with Crippen LogP contribution in [-0.4, -0.2) is 56.6 Å². The van der Waals surface area contributed by atoms with Gasteiger partial charge in [-0.25, -0.2) is 8.42 Å². The van der Waals surface area contributed by atoms with E-state index in [1.807, 2.05) is 75.4 Å². The summed E-state index contributed by atoms with van der Waals surface area (Å²) in [5, 5.41) is 3.28. The monoisotopic (exact) mass is 663 g/mol. The fourth-order valence-electron chi connectivity index (χ4n) is 4.29. The van der Waals surface area contributed by atoms with Gasteiger partial charge in [-0.2, -0.15) is 0 Å². The van der Waals surface area contributed by atoms with Gasteiger partial charge in [0.25, 0.3) is 0 Å². The molecule has 0 unspecified atom stereocenters. The number of carbonyl (C=O) groups excluding carboxylic acids is 2. The maximum atomic E-state index is 14.2. The molecule has 8 nitrogen and oxygen atoms in total. The highest BCUT2D eigenvalue weighted by molar-refractivity contribution is 9.10. The number of anilines is 1. The molecule has 1 atom stereocenters. The maximum Gasteiger partial charge on any atom is 0.244 e. The van der Waals surface area contributed by atoms with Gasteiger partial charge in [0.15, 0.2) is 0 Å². The highest BCUT2D eigenvalue weighted by Crippen LogP contribution is 2.33. The van der Waals surface area contributed by atoms with Crippen LogP contribution in [0.3, 0.4) is 0 Å². The number of benzene rings is 3. The number of carbonyl (C=O) groups is 2. The molecule has 0 aliphatic carbocycles. The summed E-state index contributed by atoms with van der Waals surface area (Å²) in [5.74, 6) is -0.684. The van der Waals surface area contributed by atoms with Crippen LogP contribution in [0.2, 0.25) is 5.02 Å². The minimum absolute atomic E-state index is 0.0671. The first kappa shape index (κ1) is 32.4. The molecule has 0 radical (unpaired) electrons. The van der Waals surface area contributed by atoms with Gasteiger partial charge in [0, 0.05) is 28.0 Å². The summed E-state index contributed by atoms with van der Waals surface area (Å²) in [5.41, 5.74) is 1.17. The van der Waals surface area contributed by atoms with Crippen LogP contribution >= 0.6 is 27.5 Å². The van der Waals surface area contributed by atoms with Crippen molar-refractivity contribution in [2.75, 3.05) is 24.2 Å². The number of nitrogens with one attached hydrogen (secondary N) is 1. The molecule has 0 bridgehead atoms. The molecule has 3 rings (SSSR count). The van der Waals surface area contributed by atoms with Gasteiger partial charge < -0.3 is 15.0 Å². The highest BCUT2D eigenvalue weighted by Gasteiger charge is 2.35. The van der Waals surface area contributed by atoms with Gasteiger partial charge in [-0.05, 0) is 62.2 Å². The summed E-state index contributed by atoms with van der Waals surface area (Å²) in [6, 6.07) is 20.4. The van der Waals surface area contributed by atoms with Crippen LogP contribution in [0.5, 0.6) is 5.75 Å². The normalized spacial score (nSPS) is 12.4. The van der Waals surface area contributed by atoms with Gasteiger partial charge in [-0.1, -0.05) is 70.0 Å². The van der Waals surface area contributed by atoms with Crippen molar-refractivity contribution in [3.05, 3.63) is 93.4 Å². The summed E-state index contributed by atoms with van der Waals surface area (Å²) in [7, 11) is -2.57. The molecular weight excluding hydrogens is 630 g/mol. The molecule has 0 aliphatic rings. The first-order chi connectivity index (χ1) is 19.2. The Kier molecular flexibility index (Phi) is 10.9. The fourth-order valence-corrected chi connectivity index (χ4v) is 5.75. The molecule has 3 aromatic rings. The zero-order valence-corrected chi connectivity index (χ0v) is 26.9. The van der Waals surface area contributed by atoms with Crippen molar-refractivity contribution in [1.29, 1.82) is 0 Å². The van der Waals surface area contributed by atoms with E-state index >= 15 is 0 Å². The Hall–Kier alpha value is -3.08. The first-order valence-electron chi connectivity index (χ1n) is 12.9. The summed E-state index contributed by atoms with van der Waals surface area (Å²) >= 11 is 9.67. The Morgan fingerprint density at radius 3 is 2.24 bits per heavy atom. The zero-order chi connectivity index (χ0) is 30.4. The van der Waals surface area contributed by atoms with Crippen molar-refractivity contribution in [3.63, 3.8) is 0 Å². The van der Waals surface area contributed by atoms with Gasteiger partial charge in [0.1, 0.15) is 18.3 Å². The van der Waals surface area contributed by atoms with Gasteiger partial charge >= 0.3 is 0 Å². The molecule has 3 aromatic carbocycles. The van der Waals surface area contributed by atoms with Crippen molar-refractivity contribution in [3.8, 4) is 5.75 Å². The van der Waals surface area contributed by atoms with Gasteiger partial charge in [0.05, 0.1) is 19.1 Å². The van der Waals surface area contributed by atoms with Crippen LogP contribution < -0.4 is 14.4 Å². The van der Waals surface area contributed by atoms with Crippen LogP contribution in [0.4, 0.5) is 5.69 Å². The number of methoxy groups -OCH3 is 1. The number of nitrogens with zero attached hydrogens (tertiary/aromatic N) is 2. The van der Waals surface area contributed by atoms with Gasteiger partial charge in [0.2, 0.25) is 21.8 Å². The van der Waals surface area contributed by atoms with E-state index in [9.17, 15) is 18.0 Å². The number of halogens is 2. The van der Waals surface area contributed by atoms with E-state index in [-0.39, 0.29) is 35.3 Å². The van der Waals surface area contributed by atoms with Crippen molar-refractivity contribution in [2.45, 2.75) is 45.3 Å². The number of hydrogen-bond donors (Lipinski definition) is 1. The van der Waals surface area contributed by atoms with E-state index in [0.29, 0.717) is 0 Å². The highest BCUT2D eigenvalue weighted by atomic mass is 79.9. The molecule has 41 heavy (non-hydrogen) atoms. The minimum atomic E-state index is -3.97. The van der Waals surface area contributed by atoms with E-state index in [1.54, 1.807) is 6.07 Å². The predicted octanol–water partition coefficient (Wildman–Crippen LogP) is 5.43. The third-order valence-electron chi connectivity index (χ3n) is 6.10. The summed E-state index contributed by atoms with van der Waals surface area (Å²) in [6.07, 6.45) is 1.23. The largest absolute Gasteiger partial charge is 0.495 e. The molecule has 0 heterocycles. The average molecular weight is 665 g/mol. The lowest BCUT2D eigenvalue weighted by Gasteiger charge is -2.35. The molecule has 0 aromatic heterocycles. The smallest absolute Gasteiger partial charge is 0.244 e. The second-order valence-corrected chi connectivity index (χ2v) is 13.9. The van der Waals surface area contributed by atoms with Crippen LogP contribution in [0.1, 0.15) is 31.9 Å². The van der Waals surface area contributed by atoms with Crippen molar-refractivity contribution >= 4 is 55.1 Å². The van der Waals surface area contributed by atoms with Crippen molar-refractivity contribution < 1.29 is 22.7 Å². The standard InChI is InChI=1S/C30H35BrClN3O5S/c1-30(2,3)33-29(37)26(17-21-10-7-6-8-11-21)34(19-22-12-9-13-23(31)16-22)28(36)20-35(41(5,38)39)25-18-24(32)14-15-27(25)40-4/h6-16,18,26H,17,19-20H2,1-5H3,(H,33,37)/t26-/m1/s1. The van der Waals surface area contributed by atoms with Crippen molar-refractivity contribution in [2.24, 2.45) is 0 Å². The Bertz CT molecular complexity index is 1480. The molecule has 0 fully saturated rings. The second-order valence-electron chi connectivity index (χ2n) is 10.7. The Morgan fingerprint density at radius 1 is 1.00 bits per heavy atom. The third kappa shape index (κ3) is 9.48. The number of amides is 2. The number of hydrogen-bond acceptors (Lipinski definition) is 5. The number of rotatable bonds is 11. The predicted molar refractivity (Wildman–Crippen MR) is 167 cm³/mol. The summed E-state index contributed by atoms with van der Waals surface area (Å²) in [4.78, 5) is 29.4. The molecule has 0 saturated carbocycles. The first-order valence-corrected chi connectivity index (χ1v) is 15.9. The fraction of sp³-hybridized carbons (Fsp3) is 0.333.